The highest BCUT2D eigenvalue weighted by Crippen LogP contribution is 2.23. The summed E-state index contributed by atoms with van der Waals surface area (Å²) < 4.78 is 13.8. The smallest absolute Gasteiger partial charge is 0.210 e. The van der Waals surface area contributed by atoms with Gasteiger partial charge in [0.15, 0.2) is 12.4 Å². The molecule has 4 aromatic rings. The zero-order valence-electron chi connectivity index (χ0n) is 21.9. The molecule has 0 amide bonds. The van der Waals surface area contributed by atoms with E-state index < -0.39 is 0 Å². The average Bonchev–Trinajstić information content (AvgIpc) is 2.97. The molecule has 4 rings (SSSR count). The fourth-order valence-corrected chi connectivity index (χ4v) is 3.81. The predicted octanol–water partition coefficient (Wildman–Crippen LogP) is 8.64. The number of nitrogens with one attached hydrogen (secondary N) is 1. The van der Waals surface area contributed by atoms with Gasteiger partial charge in [0, 0.05) is 36.2 Å². The van der Waals surface area contributed by atoms with Crippen molar-refractivity contribution in [2.24, 2.45) is 0 Å². The number of rotatable bonds is 11. The van der Waals surface area contributed by atoms with Crippen LogP contribution in [0.15, 0.2) is 146 Å². The normalized spacial score (nSPS) is 11.8. The average molecular weight is 502 g/mol. The quantitative estimate of drug-likeness (QED) is 0.127. The SMILES string of the molecule is C=C/C(=C\CC)Oc1ccc(-[n+]2ccc(C(/C=C\Nc3ccc(Oc4ccccc4)cc3)=C/C)cc2)cc1. The van der Waals surface area contributed by atoms with Gasteiger partial charge in [-0.1, -0.05) is 37.8 Å². The number of hydrogen-bond donors (Lipinski definition) is 1. The number of aromatic nitrogens is 1. The number of anilines is 1. The molecule has 0 aliphatic heterocycles. The van der Waals surface area contributed by atoms with Gasteiger partial charge in [-0.15, -0.1) is 0 Å². The van der Waals surface area contributed by atoms with Crippen LogP contribution in [-0.4, -0.2) is 0 Å². The molecular formula is C34H33N2O2+. The molecule has 0 aliphatic rings. The molecule has 0 bridgehead atoms. The van der Waals surface area contributed by atoms with E-state index in [2.05, 4.69) is 60.1 Å². The lowest BCUT2D eigenvalue weighted by molar-refractivity contribution is -0.595. The van der Waals surface area contributed by atoms with Gasteiger partial charge in [-0.25, -0.2) is 0 Å². The van der Waals surface area contributed by atoms with Gasteiger partial charge in [0.25, 0.3) is 0 Å². The zero-order valence-corrected chi connectivity index (χ0v) is 21.9. The minimum atomic E-state index is 0.771. The summed E-state index contributed by atoms with van der Waals surface area (Å²) in [4.78, 5) is 0. The summed E-state index contributed by atoms with van der Waals surface area (Å²) in [6, 6.07) is 29.9. The van der Waals surface area contributed by atoms with E-state index in [1.54, 1.807) is 6.08 Å². The summed E-state index contributed by atoms with van der Waals surface area (Å²) >= 11 is 0. The van der Waals surface area contributed by atoms with E-state index in [-0.39, 0.29) is 0 Å². The first-order valence-corrected chi connectivity index (χ1v) is 12.7. The molecule has 0 aliphatic carbocycles. The lowest BCUT2D eigenvalue weighted by atomic mass is 10.1. The summed E-state index contributed by atoms with van der Waals surface area (Å²) in [5, 5.41) is 3.33. The van der Waals surface area contributed by atoms with Gasteiger partial charge in [0.2, 0.25) is 5.69 Å². The molecule has 0 spiro atoms. The van der Waals surface area contributed by atoms with Crippen LogP contribution in [0.5, 0.6) is 17.2 Å². The third-order valence-electron chi connectivity index (χ3n) is 5.80. The highest BCUT2D eigenvalue weighted by molar-refractivity contribution is 5.73. The second-order valence-corrected chi connectivity index (χ2v) is 8.47. The molecule has 0 atom stereocenters. The molecule has 1 aromatic heterocycles. The Labute approximate surface area is 225 Å². The molecule has 190 valence electrons. The van der Waals surface area contributed by atoms with Gasteiger partial charge in [-0.3, -0.25) is 0 Å². The van der Waals surface area contributed by atoms with E-state index >= 15 is 0 Å². The third kappa shape index (κ3) is 7.34. The summed E-state index contributed by atoms with van der Waals surface area (Å²) in [6.07, 6.45) is 14.9. The standard InChI is InChI=1S/C34H33N2O2/c1-4-10-31(6-3)37-34-19-15-30(16-20-34)36-25-22-28(23-26-36)27(5-2)21-24-35-29-13-17-33(18-14-29)38-32-11-8-7-9-12-32/h5-26,35H,3-4H2,1-2H3/q+1/b24-21-,27-5+,31-10+. The predicted molar refractivity (Wildman–Crippen MR) is 157 cm³/mol. The molecule has 1 N–H and O–H groups in total. The monoisotopic (exact) mass is 501 g/mol. The molecule has 0 fully saturated rings. The van der Waals surface area contributed by atoms with E-state index in [9.17, 15) is 0 Å². The zero-order chi connectivity index (χ0) is 26.6. The maximum atomic E-state index is 5.87. The molecule has 0 radical (unpaired) electrons. The number of hydrogen-bond acceptors (Lipinski definition) is 3. The maximum absolute atomic E-state index is 5.87. The minimum absolute atomic E-state index is 0.771. The fourth-order valence-electron chi connectivity index (χ4n) is 3.81. The number of para-hydroxylation sites is 1. The van der Waals surface area contributed by atoms with Crippen molar-refractivity contribution in [3.8, 4) is 22.9 Å². The van der Waals surface area contributed by atoms with Gasteiger partial charge in [-0.2, -0.15) is 4.57 Å². The number of allylic oxidation sites excluding steroid dienone is 5. The van der Waals surface area contributed by atoms with E-state index in [1.807, 2.05) is 98.1 Å². The highest BCUT2D eigenvalue weighted by atomic mass is 16.5. The van der Waals surface area contributed by atoms with Crippen LogP contribution in [0, 0.1) is 0 Å². The second-order valence-electron chi connectivity index (χ2n) is 8.47. The molecule has 1 heterocycles. The fraction of sp³-hybridized carbons (Fsp3) is 0.0882. The Hall–Kier alpha value is -4.83. The van der Waals surface area contributed by atoms with Crippen LogP contribution in [0.25, 0.3) is 11.3 Å². The van der Waals surface area contributed by atoms with Gasteiger partial charge >= 0.3 is 0 Å². The van der Waals surface area contributed by atoms with Crippen molar-refractivity contribution in [2.75, 3.05) is 5.32 Å². The van der Waals surface area contributed by atoms with E-state index in [1.165, 1.54) is 0 Å². The topological polar surface area (TPSA) is 34.4 Å². The first kappa shape index (κ1) is 26.2. The largest absolute Gasteiger partial charge is 0.458 e. The summed E-state index contributed by atoms with van der Waals surface area (Å²) in [7, 11) is 0. The van der Waals surface area contributed by atoms with Gasteiger partial charge in [-0.05, 0) is 91.2 Å². The van der Waals surface area contributed by atoms with Crippen LogP contribution >= 0.6 is 0 Å². The molecular weight excluding hydrogens is 468 g/mol. The molecule has 38 heavy (non-hydrogen) atoms. The minimum Gasteiger partial charge on any atom is -0.458 e. The van der Waals surface area contributed by atoms with Crippen LogP contribution in [0.3, 0.4) is 0 Å². The lowest BCUT2D eigenvalue weighted by Crippen LogP contribution is -2.29. The van der Waals surface area contributed by atoms with Gasteiger partial charge < -0.3 is 14.8 Å². The van der Waals surface area contributed by atoms with Crippen LogP contribution in [0.1, 0.15) is 25.8 Å². The number of ether oxygens (including phenoxy) is 2. The highest BCUT2D eigenvalue weighted by Gasteiger charge is 2.08. The van der Waals surface area contributed by atoms with Crippen LogP contribution in [0.2, 0.25) is 0 Å². The van der Waals surface area contributed by atoms with Crippen molar-refractivity contribution >= 4 is 11.3 Å². The van der Waals surface area contributed by atoms with Gasteiger partial charge in [0.1, 0.15) is 23.0 Å². The first-order chi connectivity index (χ1) is 18.7. The Balaban J connectivity index is 1.35. The molecule has 0 saturated carbocycles. The van der Waals surface area contributed by atoms with E-state index in [4.69, 9.17) is 9.47 Å². The summed E-state index contributed by atoms with van der Waals surface area (Å²) in [5.41, 5.74) is 4.30. The molecule has 3 aromatic carbocycles. The van der Waals surface area contributed by atoms with Crippen molar-refractivity contribution < 1.29 is 14.0 Å². The van der Waals surface area contributed by atoms with E-state index in [0.29, 0.717) is 0 Å². The van der Waals surface area contributed by atoms with Crippen LogP contribution in [0.4, 0.5) is 5.69 Å². The van der Waals surface area contributed by atoms with Crippen LogP contribution < -0.4 is 19.4 Å². The number of pyridine rings is 1. The van der Waals surface area contributed by atoms with Crippen molar-refractivity contribution in [1.82, 2.24) is 0 Å². The van der Waals surface area contributed by atoms with Crippen molar-refractivity contribution in [3.63, 3.8) is 0 Å². The second kappa shape index (κ2) is 13.5. The van der Waals surface area contributed by atoms with Crippen molar-refractivity contribution in [1.29, 1.82) is 0 Å². The third-order valence-corrected chi connectivity index (χ3v) is 5.80. The molecule has 4 heteroatoms. The molecule has 0 unspecified atom stereocenters. The lowest BCUT2D eigenvalue weighted by Gasteiger charge is -2.07. The maximum Gasteiger partial charge on any atom is 0.210 e. The van der Waals surface area contributed by atoms with Gasteiger partial charge in [0.05, 0.1) is 0 Å². The molecule has 4 nitrogen and oxygen atoms in total. The number of benzene rings is 3. The van der Waals surface area contributed by atoms with Crippen molar-refractivity contribution in [2.45, 2.75) is 20.3 Å². The Morgan fingerprint density at radius 1 is 0.842 bits per heavy atom. The summed E-state index contributed by atoms with van der Waals surface area (Å²) in [5.74, 6) is 3.18. The Bertz CT molecular complexity index is 1400. The molecule has 0 saturated heterocycles. The van der Waals surface area contributed by atoms with E-state index in [0.717, 1.165) is 51.9 Å². The first-order valence-electron chi connectivity index (χ1n) is 12.7. The summed E-state index contributed by atoms with van der Waals surface area (Å²) in [6.45, 7) is 7.92. The Kier molecular flexibility index (Phi) is 9.30. The van der Waals surface area contributed by atoms with Crippen LogP contribution in [-0.2, 0) is 0 Å². The van der Waals surface area contributed by atoms with Crippen molar-refractivity contribution in [3.05, 3.63) is 152 Å². The Morgan fingerprint density at radius 3 is 2.13 bits per heavy atom. The number of nitrogens with zero attached hydrogens (tertiary/aromatic N) is 1. The Morgan fingerprint density at radius 2 is 1.50 bits per heavy atom.